The maximum absolute atomic E-state index is 8.85. The Kier molecular flexibility index (Phi) is 3.52. The highest BCUT2D eigenvalue weighted by molar-refractivity contribution is 5.34. The van der Waals surface area contributed by atoms with Crippen molar-refractivity contribution in [2.75, 3.05) is 7.11 Å². The zero-order valence-electron chi connectivity index (χ0n) is 9.33. The molecule has 0 aliphatic heterocycles. The number of aromatic nitrogens is 2. The second kappa shape index (κ2) is 5.27. The zero-order chi connectivity index (χ0) is 12.1. The molecule has 0 aliphatic rings. The summed E-state index contributed by atoms with van der Waals surface area (Å²) in [5, 5.41) is 8.85. The number of nitrogens with zero attached hydrogens (tertiary/aromatic N) is 2. The second-order valence-corrected chi connectivity index (χ2v) is 3.31. The Morgan fingerprint density at radius 1 is 1.18 bits per heavy atom. The topological polar surface area (TPSA) is 64.5 Å². The quantitative estimate of drug-likeness (QED) is 0.870. The summed E-state index contributed by atoms with van der Waals surface area (Å²) < 4.78 is 10.5. The minimum Gasteiger partial charge on any atom is -0.497 e. The van der Waals surface area contributed by atoms with E-state index in [0.29, 0.717) is 17.1 Å². The molecule has 88 valence electrons. The predicted octanol–water partition coefficient (Wildman–Crippen LogP) is 1.77. The SMILES string of the molecule is COc1cccc(Oc2ncc(CO)cn2)c1. The molecule has 1 heterocycles. The molecule has 0 bridgehead atoms. The fraction of sp³-hybridized carbons (Fsp3) is 0.167. The Morgan fingerprint density at radius 3 is 2.53 bits per heavy atom. The van der Waals surface area contributed by atoms with Crippen LogP contribution in [0.25, 0.3) is 0 Å². The van der Waals surface area contributed by atoms with Crippen LogP contribution >= 0.6 is 0 Å². The number of aliphatic hydroxyl groups is 1. The van der Waals surface area contributed by atoms with E-state index in [2.05, 4.69) is 9.97 Å². The number of rotatable bonds is 4. The van der Waals surface area contributed by atoms with Gasteiger partial charge in [0.2, 0.25) is 0 Å². The van der Waals surface area contributed by atoms with Crippen LogP contribution in [-0.2, 0) is 6.61 Å². The number of aliphatic hydroxyl groups excluding tert-OH is 1. The van der Waals surface area contributed by atoms with Crippen molar-refractivity contribution in [1.29, 1.82) is 0 Å². The maximum Gasteiger partial charge on any atom is 0.321 e. The minimum atomic E-state index is -0.0839. The lowest BCUT2D eigenvalue weighted by Gasteiger charge is -2.05. The summed E-state index contributed by atoms with van der Waals surface area (Å²) in [5.41, 5.74) is 0.642. The standard InChI is InChI=1S/C12H12N2O3/c1-16-10-3-2-4-11(5-10)17-12-13-6-9(8-15)7-14-12/h2-7,15H,8H2,1H3. The Hall–Kier alpha value is -2.14. The third-order valence-electron chi connectivity index (χ3n) is 2.11. The number of ether oxygens (including phenoxy) is 2. The van der Waals surface area contributed by atoms with Gasteiger partial charge in [0, 0.05) is 24.0 Å². The van der Waals surface area contributed by atoms with Crippen molar-refractivity contribution in [3.8, 4) is 17.5 Å². The van der Waals surface area contributed by atoms with Gasteiger partial charge in [0.05, 0.1) is 13.7 Å². The van der Waals surface area contributed by atoms with Gasteiger partial charge in [0.1, 0.15) is 11.5 Å². The first-order chi connectivity index (χ1) is 8.31. The molecule has 5 nitrogen and oxygen atoms in total. The summed E-state index contributed by atoms with van der Waals surface area (Å²) in [6, 6.07) is 7.39. The molecule has 1 aromatic heterocycles. The van der Waals surface area contributed by atoms with E-state index in [4.69, 9.17) is 14.6 Å². The molecule has 0 aliphatic carbocycles. The first kappa shape index (κ1) is 11.3. The van der Waals surface area contributed by atoms with Crippen LogP contribution in [0.1, 0.15) is 5.56 Å². The first-order valence-electron chi connectivity index (χ1n) is 5.05. The van der Waals surface area contributed by atoms with Crippen LogP contribution in [0.2, 0.25) is 0 Å². The van der Waals surface area contributed by atoms with E-state index >= 15 is 0 Å². The van der Waals surface area contributed by atoms with Crippen molar-refractivity contribution in [2.45, 2.75) is 6.61 Å². The number of hydrogen-bond acceptors (Lipinski definition) is 5. The van der Waals surface area contributed by atoms with E-state index in [1.165, 1.54) is 12.4 Å². The largest absolute Gasteiger partial charge is 0.497 e. The summed E-state index contributed by atoms with van der Waals surface area (Å²) in [4.78, 5) is 7.93. The molecule has 0 spiro atoms. The lowest BCUT2D eigenvalue weighted by Crippen LogP contribution is -1.94. The average Bonchev–Trinajstić information content (AvgIpc) is 2.40. The van der Waals surface area contributed by atoms with Crippen LogP contribution in [0.15, 0.2) is 36.7 Å². The van der Waals surface area contributed by atoms with E-state index in [-0.39, 0.29) is 12.6 Å². The molecular weight excluding hydrogens is 220 g/mol. The number of methoxy groups -OCH3 is 1. The van der Waals surface area contributed by atoms with Crippen molar-refractivity contribution < 1.29 is 14.6 Å². The van der Waals surface area contributed by atoms with Crippen LogP contribution < -0.4 is 9.47 Å². The van der Waals surface area contributed by atoms with E-state index in [1.54, 1.807) is 19.2 Å². The van der Waals surface area contributed by atoms with Gasteiger partial charge in [-0.05, 0) is 12.1 Å². The number of benzene rings is 1. The van der Waals surface area contributed by atoms with Gasteiger partial charge in [-0.2, -0.15) is 0 Å². The third-order valence-corrected chi connectivity index (χ3v) is 2.11. The highest BCUT2D eigenvalue weighted by Gasteiger charge is 2.01. The highest BCUT2D eigenvalue weighted by atomic mass is 16.5. The summed E-state index contributed by atoms with van der Waals surface area (Å²) in [6.45, 7) is -0.0839. The Morgan fingerprint density at radius 2 is 1.88 bits per heavy atom. The van der Waals surface area contributed by atoms with E-state index in [9.17, 15) is 0 Å². The van der Waals surface area contributed by atoms with Gasteiger partial charge in [-0.25, -0.2) is 9.97 Å². The molecule has 0 unspecified atom stereocenters. The Labute approximate surface area is 98.7 Å². The van der Waals surface area contributed by atoms with Crippen LogP contribution in [-0.4, -0.2) is 22.2 Å². The smallest absolute Gasteiger partial charge is 0.321 e. The summed E-state index contributed by atoms with van der Waals surface area (Å²) in [6.07, 6.45) is 3.03. The molecular formula is C12H12N2O3. The lowest BCUT2D eigenvalue weighted by molar-refractivity contribution is 0.280. The third kappa shape index (κ3) is 2.92. The Bertz CT molecular complexity index is 485. The van der Waals surface area contributed by atoms with Crippen LogP contribution in [0, 0.1) is 0 Å². The molecule has 5 heteroatoms. The maximum atomic E-state index is 8.85. The monoisotopic (exact) mass is 232 g/mol. The van der Waals surface area contributed by atoms with Crippen molar-refractivity contribution in [3.63, 3.8) is 0 Å². The van der Waals surface area contributed by atoms with Crippen molar-refractivity contribution in [1.82, 2.24) is 9.97 Å². The molecule has 1 N–H and O–H groups in total. The van der Waals surface area contributed by atoms with E-state index in [0.717, 1.165) is 0 Å². The van der Waals surface area contributed by atoms with Gasteiger partial charge in [-0.15, -0.1) is 0 Å². The molecule has 0 radical (unpaired) electrons. The van der Waals surface area contributed by atoms with Crippen LogP contribution in [0.5, 0.6) is 17.5 Å². The summed E-state index contributed by atoms with van der Waals surface area (Å²) in [7, 11) is 1.59. The molecule has 0 fully saturated rings. The van der Waals surface area contributed by atoms with Gasteiger partial charge in [0.25, 0.3) is 0 Å². The zero-order valence-corrected chi connectivity index (χ0v) is 9.33. The van der Waals surface area contributed by atoms with Gasteiger partial charge < -0.3 is 14.6 Å². The average molecular weight is 232 g/mol. The molecule has 0 saturated carbocycles. The second-order valence-electron chi connectivity index (χ2n) is 3.31. The molecule has 17 heavy (non-hydrogen) atoms. The summed E-state index contributed by atoms with van der Waals surface area (Å²) in [5.74, 6) is 1.30. The Balaban J connectivity index is 2.13. The van der Waals surface area contributed by atoms with Crippen molar-refractivity contribution in [3.05, 3.63) is 42.2 Å². The van der Waals surface area contributed by atoms with E-state index in [1.807, 2.05) is 12.1 Å². The van der Waals surface area contributed by atoms with Crippen molar-refractivity contribution in [2.24, 2.45) is 0 Å². The van der Waals surface area contributed by atoms with E-state index < -0.39 is 0 Å². The molecule has 0 amide bonds. The fourth-order valence-electron chi connectivity index (χ4n) is 1.25. The molecule has 2 rings (SSSR count). The molecule has 0 atom stereocenters. The summed E-state index contributed by atoms with van der Waals surface area (Å²) >= 11 is 0. The normalized spacial score (nSPS) is 10.0. The highest BCUT2D eigenvalue weighted by Crippen LogP contribution is 2.22. The molecule has 1 aromatic carbocycles. The van der Waals surface area contributed by atoms with Gasteiger partial charge >= 0.3 is 6.01 Å². The minimum absolute atomic E-state index is 0.0839. The number of hydrogen-bond donors (Lipinski definition) is 1. The lowest BCUT2D eigenvalue weighted by atomic mass is 10.3. The predicted molar refractivity (Wildman–Crippen MR) is 61.0 cm³/mol. The first-order valence-corrected chi connectivity index (χ1v) is 5.05. The van der Waals surface area contributed by atoms with Crippen molar-refractivity contribution >= 4 is 0 Å². The van der Waals surface area contributed by atoms with Gasteiger partial charge in [-0.1, -0.05) is 6.07 Å². The van der Waals surface area contributed by atoms with Gasteiger partial charge in [-0.3, -0.25) is 0 Å². The fourth-order valence-corrected chi connectivity index (χ4v) is 1.25. The molecule has 2 aromatic rings. The van der Waals surface area contributed by atoms with Crippen LogP contribution in [0.3, 0.4) is 0 Å². The van der Waals surface area contributed by atoms with Gasteiger partial charge in [0.15, 0.2) is 0 Å². The van der Waals surface area contributed by atoms with Crippen LogP contribution in [0.4, 0.5) is 0 Å². The molecule has 0 saturated heterocycles.